The zero-order chi connectivity index (χ0) is 13.1. The highest BCUT2D eigenvalue weighted by atomic mass is 16.5. The molecule has 94 valence electrons. The molecule has 0 radical (unpaired) electrons. The number of esters is 1. The molecule has 2 N–H and O–H groups in total. The molecule has 0 spiro atoms. The molecule has 0 bridgehead atoms. The predicted molar refractivity (Wildman–Crippen MR) is 63.3 cm³/mol. The van der Waals surface area contributed by atoms with Gasteiger partial charge in [-0.3, -0.25) is 0 Å². The standard InChI is InChI=1S/C13H18O4/c1-4-17-12(15)11(14)9-7-5-6-8-10(9)13(2,3)16/h5-8,11,14,16H,4H2,1-3H3. The number of carbonyl (C=O) groups is 1. The van der Waals surface area contributed by atoms with Crippen LogP contribution in [0, 0.1) is 0 Å². The van der Waals surface area contributed by atoms with Crippen molar-refractivity contribution in [3.8, 4) is 0 Å². The maximum absolute atomic E-state index is 11.5. The van der Waals surface area contributed by atoms with E-state index in [1.807, 2.05) is 0 Å². The Kier molecular flexibility index (Phi) is 4.26. The van der Waals surface area contributed by atoms with E-state index >= 15 is 0 Å². The van der Waals surface area contributed by atoms with Crippen LogP contribution in [-0.4, -0.2) is 22.8 Å². The van der Waals surface area contributed by atoms with E-state index in [9.17, 15) is 15.0 Å². The number of rotatable bonds is 4. The van der Waals surface area contributed by atoms with Crippen LogP contribution in [0.5, 0.6) is 0 Å². The van der Waals surface area contributed by atoms with E-state index in [-0.39, 0.29) is 6.61 Å². The van der Waals surface area contributed by atoms with Crippen molar-refractivity contribution >= 4 is 5.97 Å². The molecule has 1 aromatic rings. The number of carbonyl (C=O) groups excluding carboxylic acids is 1. The average molecular weight is 238 g/mol. The molecule has 4 heteroatoms. The zero-order valence-electron chi connectivity index (χ0n) is 10.3. The van der Waals surface area contributed by atoms with Gasteiger partial charge < -0.3 is 14.9 Å². The van der Waals surface area contributed by atoms with Crippen molar-refractivity contribution in [2.75, 3.05) is 6.61 Å². The summed E-state index contributed by atoms with van der Waals surface area (Å²) < 4.78 is 4.76. The molecule has 1 rings (SSSR count). The minimum Gasteiger partial charge on any atom is -0.464 e. The Morgan fingerprint density at radius 3 is 2.53 bits per heavy atom. The molecule has 1 atom stereocenters. The Morgan fingerprint density at radius 1 is 1.41 bits per heavy atom. The van der Waals surface area contributed by atoms with Gasteiger partial charge in [0.15, 0.2) is 6.10 Å². The van der Waals surface area contributed by atoms with Gasteiger partial charge in [0.1, 0.15) is 0 Å². The molecule has 1 unspecified atom stereocenters. The van der Waals surface area contributed by atoms with Gasteiger partial charge in [0.25, 0.3) is 0 Å². The van der Waals surface area contributed by atoms with Gasteiger partial charge in [-0.25, -0.2) is 4.79 Å². The predicted octanol–water partition coefficient (Wildman–Crippen LogP) is 1.51. The minimum atomic E-state index is -1.36. The van der Waals surface area contributed by atoms with Gasteiger partial charge in [-0.2, -0.15) is 0 Å². The van der Waals surface area contributed by atoms with Crippen molar-refractivity contribution in [1.29, 1.82) is 0 Å². The van der Waals surface area contributed by atoms with Crippen molar-refractivity contribution in [3.63, 3.8) is 0 Å². The third-order valence-electron chi connectivity index (χ3n) is 2.42. The van der Waals surface area contributed by atoms with Crippen LogP contribution in [0.2, 0.25) is 0 Å². The molecular weight excluding hydrogens is 220 g/mol. The van der Waals surface area contributed by atoms with Crippen molar-refractivity contribution in [3.05, 3.63) is 35.4 Å². The third kappa shape index (κ3) is 3.28. The second-order valence-corrected chi connectivity index (χ2v) is 4.30. The highest BCUT2D eigenvalue weighted by Crippen LogP contribution is 2.28. The molecule has 0 aliphatic carbocycles. The van der Waals surface area contributed by atoms with Crippen LogP contribution in [-0.2, 0) is 15.1 Å². The molecule has 4 nitrogen and oxygen atoms in total. The van der Waals surface area contributed by atoms with Crippen LogP contribution >= 0.6 is 0 Å². The first-order valence-corrected chi connectivity index (χ1v) is 5.54. The van der Waals surface area contributed by atoms with Gasteiger partial charge in [-0.15, -0.1) is 0 Å². The maximum Gasteiger partial charge on any atom is 0.339 e. The molecule has 0 fully saturated rings. The van der Waals surface area contributed by atoms with E-state index in [1.165, 1.54) is 0 Å². The summed E-state index contributed by atoms with van der Waals surface area (Å²) in [7, 11) is 0. The van der Waals surface area contributed by atoms with E-state index in [0.29, 0.717) is 11.1 Å². The van der Waals surface area contributed by atoms with E-state index in [2.05, 4.69) is 0 Å². The molecule has 0 heterocycles. The summed E-state index contributed by atoms with van der Waals surface area (Å²) in [4.78, 5) is 11.5. The van der Waals surface area contributed by atoms with Crippen LogP contribution in [0.4, 0.5) is 0 Å². The van der Waals surface area contributed by atoms with Gasteiger partial charge >= 0.3 is 5.97 Å². The smallest absolute Gasteiger partial charge is 0.339 e. The summed E-state index contributed by atoms with van der Waals surface area (Å²) in [5.41, 5.74) is -0.233. The quantitative estimate of drug-likeness (QED) is 0.780. The summed E-state index contributed by atoms with van der Waals surface area (Å²) in [5, 5.41) is 19.8. The second kappa shape index (κ2) is 5.29. The minimum absolute atomic E-state index is 0.209. The molecule has 0 aromatic heterocycles. The summed E-state index contributed by atoms with van der Waals surface area (Å²) in [6.07, 6.45) is -1.36. The SMILES string of the molecule is CCOC(=O)C(O)c1ccccc1C(C)(C)O. The number of ether oxygens (including phenoxy) is 1. The lowest BCUT2D eigenvalue weighted by Crippen LogP contribution is -2.23. The zero-order valence-corrected chi connectivity index (χ0v) is 10.3. The van der Waals surface area contributed by atoms with Crippen LogP contribution in [0.1, 0.15) is 38.0 Å². The van der Waals surface area contributed by atoms with Crippen LogP contribution in [0.3, 0.4) is 0 Å². The first-order valence-electron chi connectivity index (χ1n) is 5.54. The van der Waals surface area contributed by atoms with E-state index in [1.54, 1.807) is 45.0 Å². The van der Waals surface area contributed by atoms with Gasteiger partial charge in [-0.05, 0) is 31.9 Å². The fourth-order valence-electron chi connectivity index (χ4n) is 1.64. The van der Waals surface area contributed by atoms with Crippen molar-refractivity contribution in [1.82, 2.24) is 0 Å². The second-order valence-electron chi connectivity index (χ2n) is 4.30. The summed E-state index contributed by atoms with van der Waals surface area (Å²) in [6.45, 7) is 5.08. The lowest BCUT2D eigenvalue weighted by molar-refractivity contribution is -0.153. The van der Waals surface area contributed by atoms with Gasteiger partial charge in [0.05, 0.1) is 12.2 Å². The highest BCUT2D eigenvalue weighted by Gasteiger charge is 2.27. The maximum atomic E-state index is 11.5. The Balaban J connectivity index is 3.09. The number of hydrogen-bond donors (Lipinski definition) is 2. The summed E-state index contributed by atoms with van der Waals surface area (Å²) >= 11 is 0. The van der Waals surface area contributed by atoms with Crippen molar-refractivity contribution in [2.24, 2.45) is 0 Å². The van der Waals surface area contributed by atoms with E-state index in [0.717, 1.165) is 0 Å². The van der Waals surface area contributed by atoms with Crippen LogP contribution in [0.25, 0.3) is 0 Å². The molecule has 0 saturated heterocycles. The summed E-state index contributed by atoms with van der Waals surface area (Å²) in [6, 6.07) is 6.73. The fraction of sp³-hybridized carbons (Fsp3) is 0.462. The number of hydrogen-bond acceptors (Lipinski definition) is 4. The molecule has 1 aromatic carbocycles. The molecule has 0 amide bonds. The number of aliphatic hydroxyl groups is 2. The Bertz CT molecular complexity index is 393. The fourth-order valence-corrected chi connectivity index (χ4v) is 1.64. The van der Waals surface area contributed by atoms with Crippen molar-refractivity contribution < 1.29 is 19.7 Å². The number of aliphatic hydroxyl groups excluding tert-OH is 1. The molecular formula is C13H18O4. The van der Waals surface area contributed by atoms with Gasteiger partial charge in [0.2, 0.25) is 0 Å². The molecule has 0 saturated carbocycles. The molecule has 0 aliphatic rings. The first kappa shape index (κ1) is 13.7. The van der Waals surface area contributed by atoms with E-state index in [4.69, 9.17) is 4.74 Å². The van der Waals surface area contributed by atoms with Gasteiger partial charge in [-0.1, -0.05) is 24.3 Å². The Hall–Kier alpha value is -1.39. The topological polar surface area (TPSA) is 66.8 Å². The normalized spacial score (nSPS) is 13.2. The molecule has 0 aliphatic heterocycles. The van der Waals surface area contributed by atoms with E-state index < -0.39 is 17.7 Å². The Morgan fingerprint density at radius 2 is 2.00 bits per heavy atom. The largest absolute Gasteiger partial charge is 0.464 e. The summed E-state index contributed by atoms with van der Waals surface area (Å²) in [5.74, 6) is -0.704. The lowest BCUT2D eigenvalue weighted by atomic mass is 9.90. The monoisotopic (exact) mass is 238 g/mol. The highest BCUT2D eigenvalue weighted by molar-refractivity contribution is 5.76. The van der Waals surface area contributed by atoms with Crippen molar-refractivity contribution in [2.45, 2.75) is 32.5 Å². The third-order valence-corrected chi connectivity index (χ3v) is 2.42. The first-order chi connectivity index (χ1) is 7.88. The lowest BCUT2D eigenvalue weighted by Gasteiger charge is -2.23. The van der Waals surface area contributed by atoms with Crippen LogP contribution < -0.4 is 0 Å². The van der Waals surface area contributed by atoms with Crippen LogP contribution in [0.15, 0.2) is 24.3 Å². The Labute approximate surface area is 101 Å². The molecule has 17 heavy (non-hydrogen) atoms. The van der Waals surface area contributed by atoms with Gasteiger partial charge in [0, 0.05) is 0 Å². The number of benzene rings is 1. The average Bonchev–Trinajstić information content (AvgIpc) is 2.27.